The second-order valence-corrected chi connectivity index (χ2v) is 7.05. The molecular formula is C22H21N3O10. The normalized spacial score (nSPS) is 15.2. The first-order valence-corrected chi connectivity index (χ1v) is 9.84. The van der Waals surface area contributed by atoms with Gasteiger partial charge >= 0.3 is 23.9 Å². The van der Waals surface area contributed by atoms with E-state index in [1.807, 2.05) is 0 Å². The van der Waals surface area contributed by atoms with Gasteiger partial charge in [0.15, 0.2) is 11.5 Å². The van der Waals surface area contributed by atoms with E-state index in [1.54, 1.807) is 0 Å². The Labute approximate surface area is 198 Å². The van der Waals surface area contributed by atoms with Crippen molar-refractivity contribution in [2.75, 3.05) is 19.6 Å². The van der Waals surface area contributed by atoms with Gasteiger partial charge in [0.2, 0.25) is 0 Å². The molecule has 0 radical (unpaired) electrons. The highest BCUT2D eigenvalue weighted by molar-refractivity contribution is 6.65. The van der Waals surface area contributed by atoms with Gasteiger partial charge in [0, 0.05) is 6.92 Å². The number of benzene rings is 1. The number of carboxylic acid groups (broad SMARTS) is 2. The van der Waals surface area contributed by atoms with Crippen LogP contribution in [0.4, 0.5) is 5.69 Å². The summed E-state index contributed by atoms with van der Waals surface area (Å²) in [6.07, 6.45) is 2.75. The number of Topliss-reactive ketones (excluding diaryl/α,β-unsaturated/α-hetero) is 1. The number of amides is 1. The van der Waals surface area contributed by atoms with Gasteiger partial charge in [-0.1, -0.05) is 6.08 Å². The second kappa shape index (κ2) is 11.4. The number of ketones is 1. The number of anilines is 1. The molecule has 4 N–H and O–H groups in total. The molecule has 1 atom stereocenters. The van der Waals surface area contributed by atoms with Crippen LogP contribution in [0.5, 0.6) is 0 Å². The summed E-state index contributed by atoms with van der Waals surface area (Å²) in [5, 5.41) is 24.3. The predicted molar refractivity (Wildman–Crippen MR) is 119 cm³/mol. The standard InChI is InChI=1S/C22H21N3O10/c1-10(26)17(25-24-14-7-12(19(28)29)6-13(8-14)20(30)31)18(27)23-16-9-11(21(32)34-2)4-5-15(16)22(33)35-3/h5-9,11,24H,4H2,1-3H3,(H,23,27)(H,28,29)(H,30,31)/b25-17-/t11-/m1/s1. The number of esters is 2. The van der Waals surface area contributed by atoms with Crippen LogP contribution in [0.2, 0.25) is 0 Å². The number of carbonyl (C=O) groups excluding carboxylic acids is 4. The lowest BCUT2D eigenvalue weighted by Crippen LogP contribution is -2.37. The minimum absolute atomic E-state index is 0.0582. The van der Waals surface area contributed by atoms with E-state index in [0.717, 1.165) is 32.2 Å². The fraction of sp³-hybridized carbons (Fsp3) is 0.227. The van der Waals surface area contributed by atoms with Crippen molar-refractivity contribution in [3.05, 3.63) is 52.7 Å². The Morgan fingerprint density at radius 3 is 2.06 bits per heavy atom. The average molecular weight is 487 g/mol. The van der Waals surface area contributed by atoms with Crippen molar-refractivity contribution in [2.24, 2.45) is 11.0 Å². The number of nitrogens with one attached hydrogen (secondary N) is 2. The Balaban J connectivity index is 2.37. The summed E-state index contributed by atoms with van der Waals surface area (Å²) >= 11 is 0. The molecule has 0 aliphatic heterocycles. The minimum Gasteiger partial charge on any atom is -0.478 e. The van der Waals surface area contributed by atoms with Crippen molar-refractivity contribution >= 4 is 47.0 Å². The molecule has 1 aromatic rings. The first-order chi connectivity index (χ1) is 16.5. The zero-order valence-electron chi connectivity index (χ0n) is 18.8. The molecule has 0 saturated heterocycles. The number of hydrogen-bond donors (Lipinski definition) is 4. The van der Waals surface area contributed by atoms with E-state index in [0.29, 0.717) is 0 Å². The molecule has 0 bridgehead atoms. The minimum atomic E-state index is -1.41. The van der Waals surface area contributed by atoms with Gasteiger partial charge in [-0.05, 0) is 30.7 Å². The van der Waals surface area contributed by atoms with Crippen molar-refractivity contribution in [1.82, 2.24) is 5.32 Å². The van der Waals surface area contributed by atoms with E-state index in [2.05, 4.69) is 25.3 Å². The fourth-order valence-electron chi connectivity index (χ4n) is 2.97. The van der Waals surface area contributed by atoms with Crippen molar-refractivity contribution in [3.63, 3.8) is 0 Å². The van der Waals surface area contributed by atoms with E-state index in [-0.39, 0.29) is 34.5 Å². The van der Waals surface area contributed by atoms with Crippen LogP contribution in [0, 0.1) is 5.92 Å². The third-order valence-electron chi connectivity index (χ3n) is 4.66. The number of ether oxygens (including phenoxy) is 2. The maximum Gasteiger partial charge on any atom is 0.339 e. The van der Waals surface area contributed by atoms with Crippen LogP contribution in [0.25, 0.3) is 0 Å². The number of hydrazone groups is 1. The van der Waals surface area contributed by atoms with Gasteiger partial charge in [0.1, 0.15) is 0 Å². The van der Waals surface area contributed by atoms with Gasteiger partial charge in [0.25, 0.3) is 5.91 Å². The van der Waals surface area contributed by atoms with Crippen LogP contribution in [-0.2, 0) is 28.7 Å². The molecule has 0 heterocycles. The zero-order valence-corrected chi connectivity index (χ0v) is 18.8. The lowest BCUT2D eigenvalue weighted by Gasteiger charge is -2.20. The summed E-state index contributed by atoms with van der Waals surface area (Å²) < 4.78 is 9.35. The quantitative estimate of drug-likeness (QED) is 0.166. The topological polar surface area (TPSA) is 198 Å². The number of allylic oxidation sites excluding steroid dienone is 1. The lowest BCUT2D eigenvalue weighted by molar-refractivity contribution is -0.144. The average Bonchev–Trinajstić information content (AvgIpc) is 2.82. The molecule has 0 saturated carbocycles. The summed E-state index contributed by atoms with van der Waals surface area (Å²) in [5.74, 6) is -6.92. The highest BCUT2D eigenvalue weighted by Gasteiger charge is 2.28. The number of methoxy groups -OCH3 is 2. The molecule has 184 valence electrons. The van der Waals surface area contributed by atoms with Crippen LogP contribution >= 0.6 is 0 Å². The monoisotopic (exact) mass is 487 g/mol. The molecule has 2 rings (SSSR count). The maximum absolute atomic E-state index is 12.8. The van der Waals surface area contributed by atoms with E-state index in [1.165, 1.54) is 19.3 Å². The summed E-state index contributed by atoms with van der Waals surface area (Å²) in [4.78, 5) is 71.4. The number of hydrogen-bond acceptors (Lipinski definition) is 10. The zero-order chi connectivity index (χ0) is 26.3. The summed E-state index contributed by atoms with van der Waals surface area (Å²) in [7, 11) is 2.30. The molecule has 35 heavy (non-hydrogen) atoms. The van der Waals surface area contributed by atoms with Crippen molar-refractivity contribution in [3.8, 4) is 0 Å². The molecule has 1 aliphatic carbocycles. The molecule has 1 amide bonds. The molecule has 13 nitrogen and oxygen atoms in total. The molecule has 0 unspecified atom stereocenters. The van der Waals surface area contributed by atoms with Crippen LogP contribution in [0.15, 0.2) is 46.7 Å². The SMILES string of the molecule is COC(=O)C1=CC[C@@H](C(=O)OC)C=C1NC(=O)/C(=N\Nc1cc(C(=O)O)cc(C(=O)O)c1)C(C)=O. The Morgan fingerprint density at radius 2 is 1.57 bits per heavy atom. The molecule has 1 aliphatic rings. The molecule has 0 fully saturated rings. The van der Waals surface area contributed by atoms with Gasteiger partial charge < -0.3 is 25.0 Å². The first-order valence-electron chi connectivity index (χ1n) is 9.84. The number of rotatable bonds is 9. The molecular weight excluding hydrogens is 466 g/mol. The van der Waals surface area contributed by atoms with Crippen LogP contribution in [-0.4, -0.2) is 65.7 Å². The predicted octanol–water partition coefficient (Wildman–Crippen LogP) is 0.732. The summed E-state index contributed by atoms with van der Waals surface area (Å²) in [6.45, 7) is 1.03. The summed E-state index contributed by atoms with van der Waals surface area (Å²) in [5.41, 5.74) is 0.579. The van der Waals surface area contributed by atoms with Gasteiger partial charge in [-0.15, -0.1) is 0 Å². The van der Waals surface area contributed by atoms with Gasteiger partial charge in [-0.25, -0.2) is 14.4 Å². The number of carbonyl (C=O) groups is 6. The highest BCUT2D eigenvalue weighted by atomic mass is 16.5. The van der Waals surface area contributed by atoms with E-state index < -0.39 is 47.2 Å². The second-order valence-electron chi connectivity index (χ2n) is 7.05. The lowest BCUT2D eigenvalue weighted by atomic mass is 9.94. The number of nitrogens with zero attached hydrogens (tertiary/aromatic N) is 1. The first kappa shape index (κ1) is 26.4. The van der Waals surface area contributed by atoms with E-state index in [9.17, 15) is 28.8 Å². The van der Waals surface area contributed by atoms with Crippen LogP contribution < -0.4 is 10.7 Å². The molecule has 0 aromatic heterocycles. The Hall–Kier alpha value is -4.81. The largest absolute Gasteiger partial charge is 0.478 e. The molecule has 0 spiro atoms. The number of aromatic carboxylic acids is 2. The number of carboxylic acids is 2. The third-order valence-corrected chi connectivity index (χ3v) is 4.66. The van der Waals surface area contributed by atoms with E-state index in [4.69, 9.17) is 10.2 Å². The Morgan fingerprint density at radius 1 is 0.971 bits per heavy atom. The third kappa shape index (κ3) is 6.60. The Kier molecular flexibility index (Phi) is 8.58. The van der Waals surface area contributed by atoms with Crippen LogP contribution in [0.3, 0.4) is 0 Å². The molecule has 13 heteroatoms. The van der Waals surface area contributed by atoms with Gasteiger partial charge in [-0.2, -0.15) is 5.10 Å². The maximum atomic E-state index is 12.8. The molecule has 1 aromatic carbocycles. The highest BCUT2D eigenvalue weighted by Crippen LogP contribution is 2.23. The van der Waals surface area contributed by atoms with Crippen molar-refractivity contribution in [1.29, 1.82) is 0 Å². The van der Waals surface area contributed by atoms with Gasteiger partial charge in [-0.3, -0.25) is 19.8 Å². The fourth-order valence-corrected chi connectivity index (χ4v) is 2.97. The van der Waals surface area contributed by atoms with Gasteiger partial charge in [0.05, 0.1) is 48.2 Å². The van der Waals surface area contributed by atoms with Crippen molar-refractivity contribution in [2.45, 2.75) is 13.3 Å². The Bertz CT molecular complexity index is 1160. The van der Waals surface area contributed by atoms with E-state index >= 15 is 0 Å². The summed E-state index contributed by atoms with van der Waals surface area (Å²) in [6, 6.07) is 3.03. The van der Waals surface area contributed by atoms with Crippen molar-refractivity contribution < 1.29 is 48.5 Å². The van der Waals surface area contributed by atoms with Crippen LogP contribution in [0.1, 0.15) is 34.1 Å². The smallest absolute Gasteiger partial charge is 0.339 e.